The first kappa shape index (κ1) is 15.2. The first-order chi connectivity index (χ1) is 10.7. The molecule has 3 nitrogen and oxygen atoms in total. The van der Waals surface area contributed by atoms with E-state index < -0.39 is 0 Å². The first-order valence-corrected chi connectivity index (χ1v) is 8.20. The van der Waals surface area contributed by atoms with E-state index in [9.17, 15) is 4.39 Å². The first-order valence-electron chi connectivity index (χ1n) is 8.20. The number of halogens is 1. The molecule has 2 aromatic rings. The van der Waals surface area contributed by atoms with Gasteiger partial charge in [-0.15, -0.1) is 0 Å². The summed E-state index contributed by atoms with van der Waals surface area (Å²) < 4.78 is 15.4. The maximum absolute atomic E-state index is 13.2. The van der Waals surface area contributed by atoms with E-state index in [-0.39, 0.29) is 5.82 Å². The van der Waals surface area contributed by atoms with Gasteiger partial charge in [0.15, 0.2) is 0 Å². The normalized spacial score (nSPS) is 14.7. The molecule has 4 heteroatoms. The van der Waals surface area contributed by atoms with E-state index in [0.717, 1.165) is 24.3 Å². The molecule has 1 aromatic heterocycles. The molecule has 0 unspecified atom stereocenters. The topological polar surface area (TPSA) is 21.1 Å². The van der Waals surface area contributed by atoms with Crippen molar-refractivity contribution >= 4 is 0 Å². The summed E-state index contributed by atoms with van der Waals surface area (Å²) in [6.07, 6.45) is 6.79. The Morgan fingerprint density at radius 3 is 2.64 bits per heavy atom. The summed E-state index contributed by atoms with van der Waals surface area (Å²) in [4.78, 5) is 2.34. The molecule has 0 amide bonds. The second kappa shape index (κ2) is 6.61. The average molecular weight is 301 g/mol. The minimum absolute atomic E-state index is 0.192. The van der Waals surface area contributed by atoms with Crippen LogP contribution in [0.1, 0.15) is 44.2 Å². The fourth-order valence-corrected chi connectivity index (χ4v) is 2.83. The molecule has 1 aliphatic rings. The molecule has 1 heterocycles. The largest absolute Gasteiger partial charge is 0.302 e. The average Bonchev–Trinajstić information content (AvgIpc) is 3.28. The third-order valence-corrected chi connectivity index (χ3v) is 4.22. The molecule has 1 aromatic carbocycles. The van der Waals surface area contributed by atoms with Crippen LogP contribution in [-0.2, 0) is 6.54 Å². The van der Waals surface area contributed by atoms with Crippen LogP contribution in [0.4, 0.5) is 4.39 Å². The lowest BCUT2D eigenvalue weighted by Crippen LogP contribution is -2.19. The molecule has 0 bridgehead atoms. The lowest BCUT2D eigenvalue weighted by atomic mass is 10.1. The minimum Gasteiger partial charge on any atom is -0.302 e. The molecule has 1 aliphatic carbocycles. The molecule has 118 valence electrons. The molecule has 0 radical (unpaired) electrons. The number of hydrogen-bond acceptors (Lipinski definition) is 2. The summed E-state index contributed by atoms with van der Waals surface area (Å²) in [6, 6.07) is 7.31. The fraction of sp³-hybridized carbons (Fsp3) is 0.500. The zero-order valence-electron chi connectivity index (χ0n) is 13.4. The van der Waals surface area contributed by atoms with Gasteiger partial charge in [-0.25, -0.2) is 4.39 Å². The van der Waals surface area contributed by atoms with E-state index in [4.69, 9.17) is 0 Å². The minimum atomic E-state index is -0.192. The molecule has 0 spiro atoms. The van der Waals surface area contributed by atoms with Crippen molar-refractivity contribution in [1.82, 2.24) is 14.7 Å². The van der Waals surface area contributed by atoms with Crippen molar-refractivity contribution in [3.63, 3.8) is 0 Å². The van der Waals surface area contributed by atoms with Crippen LogP contribution in [0.25, 0.3) is 11.3 Å². The van der Waals surface area contributed by atoms with Gasteiger partial charge >= 0.3 is 0 Å². The number of rotatable bonds is 7. The molecule has 0 N–H and O–H groups in total. The number of hydrogen-bond donors (Lipinski definition) is 0. The lowest BCUT2D eigenvalue weighted by Gasteiger charge is -2.17. The van der Waals surface area contributed by atoms with Gasteiger partial charge in [0, 0.05) is 17.7 Å². The smallest absolute Gasteiger partial charge is 0.123 e. The zero-order valence-corrected chi connectivity index (χ0v) is 13.4. The SMILES string of the molecule is CCCCN(C)Cc1cnn(C2CC2)c1-c1ccc(F)cc1. The van der Waals surface area contributed by atoms with E-state index >= 15 is 0 Å². The second-order valence-corrected chi connectivity index (χ2v) is 6.29. The van der Waals surface area contributed by atoms with E-state index in [2.05, 4.69) is 28.7 Å². The lowest BCUT2D eigenvalue weighted by molar-refractivity contribution is 0.321. The summed E-state index contributed by atoms with van der Waals surface area (Å²) >= 11 is 0. The molecular weight excluding hydrogens is 277 g/mol. The Morgan fingerprint density at radius 2 is 2.00 bits per heavy atom. The molecule has 0 atom stereocenters. The molecular formula is C18H24FN3. The predicted octanol–water partition coefficient (Wildman–Crippen LogP) is 4.26. The third kappa shape index (κ3) is 3.38. The van der Waals surface area contributed by atoms with Crippen LogP contribution in [0, 0.1) is 5.82 Å². The summed E-state index contributed by atoms with van der Waals surface area (Å²) in [5, 5.41) is 4.61. The van der Waals surface area contributed by atoms with Gasteiger partial charge in [-0.1, -0.05) is 13.3 Å². The second-order valence-electron chi connectivity index (χ2n) is 6.29. The van der Waals surface area contributed by atoms with Gasteiger partial charge in [0.05, 0.1) is 17.9 Å². The Balaban J connectivity index is 1.88. The molecule has 0 aliphatic heterocycles. The van der Waals surface area contributed by atoms with Crippen molar-refractivity contribution in [3.8, 4) is 11.3 Å². The molecule has 22 heavy (non-hydrogen) atoms. The number of benzene rings is 1. The van der Waals surface area contributed by atoms with Gasteiger partial charge in [0.25, 0.3) is 0 Å². The van der Waals surface area contributed by atoms with Gasteiger partial charge < -0.3 is 4.90 Å². The predicted molar refractivity (Wildman–Crippen MR) is 87.1 cm³/mol. The zero-order chi connectivity index (χ0) is 15.5. The van der Waals surface area contributed by atoms with Crippen molar-refractivity contribution in [2.75, 3.05) is 13.6 Å². The van der Waals surface area contributed by atoms with E-state index in [0.29, 0.717) is 6.04 Å². The van der Waals surface area contributed by atoms with Gasteiger partial charge in [-0.3, -0.25) is 4.68 Å². The van der Waals surface area contributed by atoms with E-state index in [1.807, 2.05) is 18.3 Å². The standard InChI is InChI=1S/C18H24FN3/c1-3-4-11-21(2)13-15-12-20-22(17-9-10-17)18(15)14-5-7-16(19)8-6-14/h5-8,12,17H,3-4,9-11,13H2,1-2H3. The van der Waals surface area contributed by atoms with Crippen LogP contribution in [0.5, 0.6) is 0 Å². The molecule has 0 saturated heterocycles. The highest BCUT2D eigenvalue weighted by atomic mass is 19.1. The number of unbranched alkanes of at least 4 members (excludes halogenated alkanes) is 1. The van der Waals surface area contributed by atoms with Crippen LogP contribution in [0.3, 0.4) is 0 Å². The third-order valence-electron chi connectivity index (χ3n) is 4.22. The highest BCUT2D eigenvalue weighted by Gasteiger charge is 2.28. The number of nitrogens with zero attached hydrogens (tertiary/aromatic N) is 3. The Labute approximate surface area is 131 Å². The molecule has 3 rings (SSSR count). The molecule has 1 saturated carbocycles. The maximum atomic E-state index is 13.2. The summed E-state index contributed by atoms with van der Waals surface area (Å²) in [5.74, 6) is -0.192. The van der Waals surface area contributed by atoms with Crippen LogP contribution in [-0.4, -0.2) is 28.3 Å². The van der Waals surface area contributed by atoms with Crippen LogP contribution in [0.15, 0.2) is 30.5 Å². The van der Waals surface area contributed by atoms with Crippen molar-refractivity contribution in [3.05, 3.63) is 41.8 Å². The monoisotopic (exact) mass is 301 g/mol. The van der Waals surface area contributed by atoms with Crippen molar-refractivity contribution in [2.24, 2.45) is 0 Å². The highest BCUT2D eigenvalue weighted by molar-refractivity contribution is 5.63. The summed E-state index contributed by atoms with van der Waals surface area (Å²) in [6.45, 7) is 4.19. The van der Waals surface area contributed by atoms with E-state index in [1.165, 1.54) is 43.4 Å². The van der Waals surface area contributed by atoms with Gasteiger partial charge in [-0.2, -0.15) is 5.10 Å². The Kier molecular flexibility index (Phi) is 4.57. The Morgan fingerprint density at radius 1 is 1.27 bits per heavy atom. The highest BCUT2D eigenvalue weighted by Crippen LogP contribution is 2.39. The van der Waals surface area contributed by atoms with Gasteiger partial charge in [0.1, 0.15) is 5.82 Å². The Hall–Kier alpha value is -1.68. The molecule has 1 fully saturated rings. The summed E-state index contributed by atoms with van der Waals surface area (Å²) in [5.41, 5.74) is 3.45. The maximum Gasteiger partial charge on any atom is 0.123 e. The van der Waals surface area contributed by atoms with Crippen LogP contribution in [0.2, 0.25) is 0 Å². The summed E-state index contributed by atoms with van der Waals surface area (Å²) in [7, 11) is 2.15. The van der Waals surface area contributed by atoms with Crippen LogP contribution >= 0.6 is 0 Å². The van der Waals surface area contributed by atoms with Crippen LogP contribution < -0.4 is 0 Å². The fourth-order valence-electron chi connectivity index (χ4n) is 2.83. The van der Waals surface area contributed by atoms with Crippen molar-refractivity contribution in [1.29, 1.82) is 0 Å². The number of aromatic nitrogens is 2. The quantitative estimate of drug-likeness (QED) is 0.762. The van der Waals surface area contributed by atoms with Crippen molar-refractivity contribution < 1.29 is 4.39 Å². The van der Waals surface area contributed by atoms with Gasteiger partial charge in [-0.05, 0) is 57.1 Å². The van der Waals surface area contributed by atoms with Crippen molar-refractivity contribution in [2.45, 2.75) is 45.2 Å². The van der Waals surface area contributed by atoms with Gasteiger partial charge in [0.2, 0.25) is 0 Å². The Bertz CT molecular complexity index is 614. The van der Waals surface area contributed by atoms with E-state index in [1.54, 1.807) is 0 Å².